The second-order valence-electron chi connectivity index (χ2n) is 9.04. The summed E-state index contributed by atoms with van der Waals surface area (Å²) in [6, 6.07) is 44.6. The van der Waals surface area contributed by atoms with Crippen LogP contribution in [0.1, 0.15) is 32.6 Å². The lowest BCUT2D eigenvalue weighted by Crippen LogP contribution is -2.15. The SMILES string of the molecule is CC(CCCP(c1ccccc1)c1ccccc1)CCCP(c1ccccc1)c1ccccc1. The molecule has 34 heavy (non-hydrogen) atoms. The highest BCUT2D eigenvalue weighted by Crippen LogP contribution is 2.37. The first-order valence-electron chi connectivity index (χ1n) is 12.6. The molecule has 0 aliphatic carbocycles. The van der Waals surface area contributed by atoms with Gasteiger partial charge in [0, 0.05) is 0 Å². The molecule has 0 atom stereocenters. The minimum absolute atomic E-state index is 0.262. The van der Waals surface area contributed by atoms with Crippen LogP contribution in [0, 0.1) is 5.92 Å². The van der Waals surface area contributed by atoms with E-state index < -0.39 is 0 Å². The van der Waals surface area contributed by atoms with Crippen molar-refractivity contribution in [3.63, 3.8) is 0 Å². The van der Waals surface area contributed by atoms with Crippen molar-refractivity contribution in [1.82, 2.24) is 0 Å². The Morgan fingerprint density at radius 2 is 0.706 bits per heavy atom. The van der Waals surface area contributed by atoms with Crippen LogP contribution in [-0.2, 0) is 0 Å². The first kappa shape index (κ1) is 24.9. The zero-order valence-corrected chi connectivity index (χ0v) is 22.1. The van der Waals surface area contributed by atoms with Gasteiger partial charge in [0.2, 0.25) is 0 Å². The second-order valence-corrected chi connectivity index (χ2v) is 13.7. The van der Waals surface area contributed by atoms with E-state index in [-0.39, 0.29) is 15.8 Å². The van der Waals surface area contributed by atoms with Crippen LogP contribution in [0.2, 0.25) is 0 Å². The topological polar surface area (TPSA) is 0 Å². The van der Waals surface area contributed by atoms with Crippen LogP contribution < -0.4 is 21.2 Å². The van der Waals surface area contributed by atoms with Crippen LogP contribution in [0.25, 0.3) is 0 Å². The minimum Gasteiger partial charge on any atom is -0.0625 e. The molecule has 0 aliphatic heterocycles. The van der Waals surface area contributed by atoms with Crippen molar-refractivity contribution in [2.45, 2.75) is 32.6 Å². The predicted octanol–water partition coefficient (Wildman–Crippen LogP) is 7.45. The van der Waals surface area contributed by atoms with E-state index in [1.165, 1.54) is 59.2 Å². The maximum atomic E-state index is 2.46. The highest BCUT2D eigenvalue weighted by molar-refractivity contribution is 7.73. The van der Waals surface area contributed by atoms with E-state index in [2.05, 4.69) is 128 Å². The summed E-state index contributed by atoms with van der Waals surface area (Å²) in [6.07, 6.45) is 7.84. The fourth-order valence-corrected chi connectivity index (χ4v) is 9.34. The van der Waals surface area contributed by atoms with Crippen molar-refractivity contribution < 1.29 is 0 Å². The average molecular weight is 483 g/mol. The molecule has 174 valence electrons. The van der Waals surface area contributed by atoms with E-state index in [4.69, 9.17) is 0 Å². The van der Waals surface area contributed by atoms with Gasteiger partial charge in [0.1, 0.15) is 0 Å². The predicted molar refractivity (Wildman–Crippen MR) is 156 cm³/mol. The van der Waals surface area contributed by atoms with E-state index in [0.717, 1.165) is 5.92 Å². The Morgan fingerprint density at radius 3 is 0.971 bits per heavy atom. The molecular formula is C32H36P2. The van der Waals surface area contributed by atoms with Gasteiger partial charge >= 0.3 is 0 Å². The van der Waals surface area contributed by atoms with E-state index in [1.54, 1.807) is 0 Å². The molecule has 0 bridgehead atoms. The zero-order valence-electron chi connectivity index (χ0n) is 20.3. The molecule has 0 aromatic heterocycles. The Morgan fingerprint density at radius 1 is 0.441 bits per heavy atom. The van der Waals surface area contributed by atoms with Crippen LogP contribution in [0.15, 0.2) is 121 Å². The van der Waals surface area contributed by atoms with Gasteiger partial charge in [-0.25, -0.2) is 0 Å². The first-order chi connectivity index (χ1) is 16.8. The quantitative estimate of drug-likeness (QED) is 0.184. The Kier molecular flexibility index (Phi) is 9.93. The van der Waals surface area contributed by atoms with E-state index >= 15 is 0 Å². The lowest BCUT2D eigenvalue weighted by molar-refractivity contribution is 0.483. The van der Waals surface area contributed by atoms with Crippen molar-refractivity contribution in [3.8, 4) is 0 Å². The minimum atomic E-state index is -0.262. The third-order valence-electron chi connectivity index (χ3n) is 6.43. The highest BCUT2D eigenvalue weighted by atomic mass is 31.1. The van der Waals surface area contributed by atoms with Gasteiger partial charge in [-0.1, -0.05) is 141 Å². The molecular weight excluding hydrogens is 446 g/mol. The summed E-state index contributed by atoms with van der Waals surface area (Å²) in [5, 5.41) is 6.03. The largest absolute Gasteiger partial charge is 0.0625 e. The molecule has 0 saturated carbocycles. The van der Waals surface area contributed by atoms with Crippen molar-refractivity contribution in [2.75, 3.05) is 12.3 Å². The monoisotopic (exact) mass is 482 g/mol. The Balaban J connectivity index is 1.30. The number of hydrogen-bond donors (Lipinski definition) is 0. The molecule has 0 aliphatic rings. The number of hydrogen-bond acceptors (Lipinski definition) is 0. The molecule has 0 saturated heterocycles. The highest BCUT2D eigenvalue weighted by Gasteiger charge is 2.16. The second kappa shape index (κ2) is 13.6. The normalized spacial score (nSPS) is 11.4. The Labute approximate surface area is 209 Å². The summed E-state index contributed by atoms with van der Waals surface area (Å²) in [5.74, 6) is 0.784. The summed E-state index contributed by atoms with van der Waals surface area (Å²) in [5.41, 5.74) is 0. The van der Waals surface area contributed by atoms with E-state index in [9.17, 15) is 0 Å². The van der Waals surface area contributed by atoms with Gasteiger partial charge in [0.05, 0.1) is 0 Å². The molecule has 4 aromatic carbocycles. The van der Waals surface area contributed by atoms with Crippen LogP contribution in [0.4, 0.5) is 0 Å². The van der Waals surface area contributed by atoms with Crippen LogP contribution in [-0.4, -0.2) is 12.3 Å². The molecule has 0 nitrogen and oxygen atoms in total. The average Bonchev–Trinajstić information content (AvgIpc) is 2.91. The maximum Gasteiger partial charge on any atom is -0.0195 e. The van der Waals surface area contributed by atoms with E-state index in [1.807, 2.05) is 0 Å². The van der Waals surface area contributed by atoms with Gasteiger partial charge in [-0.3, -0.25) is 0 Å². The van der Waals surface area contributed by atoms with Gasteiger partial charge in [-0.15, -0.1) is 0 Å². The third kappa shape index (κ3) is 7.37. The Hall–Kier alpha value is -2.26. The maximum absolute atomic E-state index is 2.46. The fraction of sp³-hybridized carbons (Fsp3) is 0.250. The summed E-state index contributed by atoms with van der Waals surface area (Å²) in [4.78, 5) is 0. The Bertz CT molecular complexity index is 897. The zero-order chi connectivity index (χ0) is 23.4. The smallest absolute Gasteiger partial charge is 0.0195 e. The van der Waals surface area contributed by atoms with Crippen molar-refractivity contribution in [2.24, 2.45) is 5.92 Å². The van der Waals surface area contributed by atoms with Crippen LogP contribution in [0.5, 0.6) is 0 Å². The van der Waals surface area contributed by atoms with Crippen LogP contribution in [0.3, 0.4) is 0 Å². The van der Waals surface area contributed by atoms with Gasteiger partial charge in [0.15, 0.2) is 0 Å². The molecule has 0 fully saturated rings. The summed E-state index contributed by atoms with van der Waals surface area (Å²) < 4.78 is 0. The molecule has 0 unspecified atom stereocenters. The summed E-state index contributed by atoms with van der Waals surface area (Å²) in [7, 11) is -0.524. The summed E-state index contributed by atoms with van der Waals surface area (Å²) >= 11 is 0. The van der Waals surface area contributed by atoms with Gasteiger partial charge in [-0.2, -0.15) is 0 Å². The van der Waals surface area contributed by atoms with Crippen molar-refractivity contribution >= 4 is 37.1 Å². The van der Waals surface area contributed by atoms with Gasteiger partial charge in [0.25, 0.3) is 0 Å². The molecule has 4 aromatic rings. The molecule has 4 rings (SSSR count). The lowest BCUT2D eigenvalue weighted by atomic mass is 10.0. The first-order valence-corrected chi connectivity index (χ1v) is 15.6. The van der Waals surface area contributed by atoms with Crippen molar-refractivity contribution in [1.29, 1.82) is 0 Å². The lowest BCUT2D eigenvalue weighted by Gasteiger charge is -2.21. The fourth-order valence-electron chi connectivity index (χ4n) is 4.59. The summed E-state index contributed by atoms with van der Waals surface area (Å²) in [6.45, 7) is 2.46. The molecule has 2 heteroatoms. The van der Waals surface area contributed by atoms with Gasteiger partial charge in [-0.05, 0) is 68.1 Å². The molecule has 0 amide bonds. The number of rotatable bonds is 12. The molecule has 0 spiro atoms. The molecule has 0 N–H and O–H groups in total. The standard InChI is InChI=1S/C32H36P2/c1-28(16-14-26-33(29-18-6-2-7-19-29)30-20-8-3-9-21-30)17-15-27-34(31-22-10-4-11-23-31)32-24-12-5-13-25-32/h2-13,18-25,28H,14-17,26-27H2,1H3. The van der Waals surface area contributed by atoms with Gasteiger partial charge < -0.3 is 0 Å². The van der Waals surface area contributed by atoms with E-state index in [0.29, 0.717) is 0 Å². The molecule has 0 heterocycles. The van der Waals surface area contributed by atoms with Crippen molar-refractivity contribution in [3.05, 3.63) is 121 Å². The third-order valence-corrected chi connectivity index (χ3v) is 11.6. The molecule has 0 radical (unpaired) electrons. The van der Waals surface area contributed by atoms with Crippen LogP contribution >= 0.6 is 15.8 Å². The number of benzene rings is 4.